The molecule has 0 unspecified atom stereocenters. The molecule has 0 saturated carbocycles. The molecule has 3 heteroatoms. The molecule has 0 aliphatic carbocycles. The summed E-state index contributed by atoms with van der Waals surface area (Å²) in [5, 5.41) is 3.51. The summed E-state index contributed by atoms with van der Waals surface area (Å²) in [6.07, 6.45) is 2.28. The Morgan fingerprint density at radius 3 is 2.52 bits per heavy atom. The molecule has 0 spiro atoms. The minimum atomic E-state index is 0.101. The highest BCUT2D eigenvalue weighted by Gasteiger charge is 2.11. The molecule has 1 aromatic rings. The lowest BCUT2D eigenvalue weighted by Crippen LogP contribution is -2.35. The van der Waals surface area contributed by atoms with Crippen molar-refractivity contribution in [3.05, 3.63) is 29.3 Å². The van der Waals surface area contributed by atoms with Crippen molar-refractivity contribution in [2.45, 2.75) is 59.5 Å². The van der Waals surface area contributed by atoms with Crippen molar-refractivity contribution in [3.8, 4) is 5.75 Å². The van der Waals surface area contributed by atoms with Gasteiger partial charge >= 0.3 is 0 Å². The predicted octanol–water partition coefficient (Wildman–Crippen LogP) is 4.08. The second kappa shape index (κ2) is 9.06. The summed E-state index contributed by atoms with van der Waals surface area (Å²) in [6.45, 7) is 13.7. The Morgan fingerprint density at radius 1 is 1.10 bits per heavy atom. The van der Waals surface area contributed by atoms with E-state index in [4.69, 9.17) is 9.47 Å². The molecular formula is C18H31NO2. The number of hydrogen-bond acceptors (Lipinski definition) is 3. The summed E-state index contributed by atoms with van der Waals surface area (Å²) in [4.78, 5) is 0. The molecule has 0 aliphatic rings. The lowest BCUT2D eigenvalue weighted by molar-refractivity contribution is 0.0976. The van der Waals surface area contributed by atoms with E-state index in [1.54, 1.807) is 0 Å². The molecule has 0 heterocycles. The monoisotopic (exact) mass is 293 g/mol. The topological polar surface area (TPSA) is 30.5 Å². The lowest BCUT2D eigenvalue weighted by Gasteiger charge is -2.22. The van der Waals surface area contributed by atoms with E-state index in [2.05, 4.69) is 58.1 Å². The van der Waals surface area contributed by atoms with E-state index in [-0.39, 0.29) is 5.54 Å². The number of unbranched alkanes of at least 4 members (excludes halogenated alkanes) is 1. The molecule has 21 heavy (non-hydrogen) atoms. The number of nitrogens with one attached hydrogen (secondary N) is 1. The van der Waals surface area contributed by atoms with Crippen LogP contribution in [0.5, 0.6) is 5.75 Å². The van der Waals surface area contributed by atoms with Crippen molar-refractivity contribution >= 4 is 0 Å². The summed E-state index contributed by atoms with van der Waals surface area (Å²) in [7, 11) is 0. The van der Waals surface area contributed by atoms with Gasteiger partial charge in [0.1, 0.15) is 12.4 Å². The molecule has 120 valence electrons. The van der Waals surface area contributed by atoms with E-state index in [0.29, 0.717) is 13.2 Å². The van der Waals surface area contributed by atoms with E-state index in [1.807, 2.05) is 0 Å². The fourth-order valence-corrected chi connectivity index (χ4v) is 1.91. The van der Waals surface area contributed by atoms with E-state index < -0.39 is 0 Å². The number of aryl methyl sites for hydroxylation is 1. The SMILES string of the molecule is CCCCOCCOc1ccc(C)cc1CNC(C)(C)C. The van der Waals surface area contributed by atoms with Crippen molar-refractivity contribution in [2.24, 2.45) is 0 Å². The molecule has 0 aromatic heterocycles. The van der Waals surface area contributed by atoms with Crippen LogP contribution < -0.4 is 10.1 Å². The quantitative estimate of drug-likeness (QED) is 0.696. The summed E-state index contributed by atoms with van der Waals surface area (Å²) >= 11 is 0. The first-order valence-corrected chi connectivity index (χ1v) is 7.97. The minimum absolute atomic E-state index is 0.101. The van der Waals surface area contributed by atoms with Gasteiger partial charge in [0.15, 0.2) is 0 Å². The van der Waals surface area contributed by atoms with Crippen LogP contribution in [-0.2, 0) is 11.3 Å². The maximum absolute atomic E-state index is 5.87. The number of benzene rings is 1. The molecule has 0 aliphatic heterocycles. The van der Waals surface area contributed by atoms with Crippen molar-refractivity contribution in [1.29, 1.82) is 0 Å². The van der Waals surface area contributed by atoms with Gasteiger partial charge in [0.05, 0.1) is 6.61 Å². The maximum Gasteiger partial charge on any atom is 0.123 e. The summed E-state index contributed by atoms with van der Waals surface area (Å²) in [5.74, 6) is 0.955. The zero-order chi connectivity index (χ0) is 15.7. The first-order valence-electron chi connectivity index (χ1n) is 7.97. The Morgan fingerprint density at radius 2 is 1.86 bits per heavy atom. The molecule has 0 fully saturated rings. The van der Waals surface area contributed by atoms with Gasteiger partial charge in [-0.25, -0.2) is 0 Å². The Balaban J connectivity index is 2.48. The third-order valence-corrected chi connectivity index (χ3v) is 3.15. The highest BCUT2D eigenvalue weighted by Crippen LogP contribution is 2.20. The number of hydrogen-bond donors (Lipinski definition) is 1. The van der Waals surface area contributed by atoms with Gasteiger partial charge in [-0.3, -0.25) is 0 Å². The van der Waals surface area contributed by atoms with Crippen LogP contribution in [0.3, 0.4) is 0 Å². The Labute approximate surface area is 130 Å². The average molecular weight is 293 g/mol. The molecular weight excluding hydrogens is 262 g/mol. The molecule has 3 nitrogen and oxygen atoms in total. The average Bonchev–Trinajstić information content (AvgIpc) is 2.41. The number of ether oxygens (including phenoxy) is 2. The molecule has 0 saturated heterocycles. The van der Waals surface area contributed by atoms with Crippen LogP contribution in [0, 0.1) is 6.92 Å². The van der Waals surface area contributed by atoms with E-state index in [0.717, 1.165) is 25.3 Å². The summed E-state index contributed by atoms with van der Waals surface area (Å²) in [5.41, 5.74) is 2.57. The maximum atomic E-state index is 5.87. The van der Waals surface area contributed by atoms with Gasteiger partial charge in [0, 0.05) is 24.3 Å². The van der Waals surface area contributed by atoms with Gasteiger partial charge < -0.3 is 14.8 Å². The molecule has 1 N–H and O–H groups in total. The lowest BCUT2D eigenvalue weighted by atomic mass is 10.1. The predicted molar refractivity (Wildman–Crippen MR) is 89.0 cm³/mol. The molecule has 1 aromatic carbocycles. The normalized spacial score (nSPS) is 11.7. The molecule has 0 radical (unpaired) electrons. The van der Waals surface area contributed by atoms with Crippen LogP contribution in [0.25, 0.3) is 0 Å². The van der Waals surface area contributed by atoms with Crippen molar-refractivity contribution in [2.75, 3.05) is 19.8 Å². The summed E-state index contributed by atoms with van der Waals surface area (Å²) < 4.78 is 11.4. The van der Waals surface area contributed by atoms with Crippen LogP contribution in [0.2, 0.25) is 0 Å². The van der Waals surface area contributed by atoms with Crippen molar-refractivity contribution < 1.29 is 9.47 Å². The molecule has 1 rings (SSSR count). The van der Waals surface area contributed by atoms with Gasteiger partial charge in [0.25, 0.3) is 0 Å². The van der Waals surface area contributed by atoms with Crippen LogP contribution in [0.4, 0.5) is 0 Å². The van der Waals surface area contributed by atoms with Gasteiger partial charge in [-0.15, -0.1) is 0 Å². The first-order chi connectivity index (χ1) is 9.92. The van der Waals surface area contributed by atoms with Gasteiger partial charge in [-0.1, -0.05) is 31.0 Å². The zero-order valence-corrected chi connectivity index (χ0v) is 14.3. The zero-order valence-electron chi connectivity index (χ0n) is 14.3. The second-order valence-electron chi connectivity index (χ2n) is 6.53. The van der Waals surface area contributed by atoms with E-state index >= 15 is 0 Å². The van der Waals surface area contributed by atoms with Crippen LogP contribution in [0.1, 0.15) is 51.7 Å². The smallest absolute Gasteiger partial charge is 0.123 e. The highest BCUT2D eigenvalue weighted by atomic mass is 16.5. The third kappa shape index (κ3) is 8.08. The standard InChI is InChI=1S/C18H31NO2/c1-6-7-10-20-11-12-21-17-9-8-15(2)13-16(17)14-19-18(3,4)5/h8-9,13,19H,6-7,10-12,14H2,1-5H3. The Kier molecular flexibility index (Phi) is 7.76. The fourth-order valence-electron chi connectivity index (χ4n) is 1.91. The number of rotatable bonds is 9. The van der Waals surface area contributed by atoms with Gasteiger partial charge in [-0.05, 0) is 40.2 Å². The first kappa shape index (κ1) is 18.0. The Hall–Kier alpha value is -1.06. The minimum Gasteiger partial charge on any atom is -0.491 e. The van der Waals surface area contributed by atoms with E-state index in [1.165, 1.54) is 17.5 Å². The largest absolute Gasteiger partial charge is 0.491 e. The molecule has 0 bridgehead atoms. The summed E-state index contributed by atoms with van der Waals surface area (Å²) in [6, 6.07) is 6.33. The van der Waals surface area contributed by atoms with E-state index in [9.17, 15) is 0 Å². The molecule has 0 atom stereocenters. The van der Waals surface area contributed by atoms with Gasteiger partial charge in [0.2, 0.25) is 0 Å². The fraction of sp³-hybridized carbons (Fsp3) is 0.667. The van der Waals surface area contributed by atoms with Crippen LogP contribution in [-0.4, -0.2) is 25.4 Å². The Bertz CT molecular complexity index is 410. The van der Waals surface area contributed by atoms with Crippen LogP contribution >= 0.6 is 0 Å². The highest BCUT2D eigenvalue weighted by molar-refractivity contribution is 5.37. The van der Waals surface area contributed by atoms with Gasteiger partial charge in [-0.2, -0.15) is 0 Å². The van der Waals surface area contributed by atoms with Crippen molar-refractivity contribution in [3.63, 3.8) is 0 Å². The van der Waals surface area contributed by atoms with Crippen molar-refractivity contribution in [1.82, 2.24) is 5.32 Å². The van der Waals surface area contributed by atoms with Crippen LogP contribution in [0.15, 0.2) is 18.2 Å². The third-order valence-electron chi connectivity index (χ3n) is 3.15. The second-order valence-corrected chi connectivity index (χ2v) is 6.53. The molecule has 0 amide bonds.